The number of carbonyl (C=O) groups excluding carboxylic acids is 1. The zero-order chi connectivity index (χ0) is 6.57. The van der Waals surface area contributed by atoms with E-state index in [1.165, 1.54) is 0 Å². The Bertz CT molecular complexity index is 80.5. The van der Waals surface area contributed by atoms with Crippen LogP contribution in [0.25, 0.3) is 0 Å². The summed E-state index contributed by atoms with van der Waals surface area (Å²) in [5.74, 6) is 0.423. The third-order valence-electron chi connectivity index (χ3n) is 0.535. The third-order valence-corrected chi connectivity index (χ3v) is 0.782. The monoisotopic (exact) mass is 181 g/mol. The van der Waals surface area contributed by atoms with Gasteiger partial charge in [-0.15, -0.1) is 0 Å². The van der Waals surface area contributed by atoms with Crippen molar-refractivity contribution in [1.82, 2.24) is 0 Å². The van der Waals surface area contributed by atoms with Gasteiger partial charge in [0, 0.05) is 0 Å². The topological polar surface area (TPSA) is 26.3 Å². The Hall–Kier alpha value is -0.0105. The van der Waals surface area contributed by atoms with Crippen molar-refractivity contribution < 1.29 is 9.53 Å². The molecule has 2 nitrogen and oxygen atoms in total. The quantitative estimate of drug-likeness (QED) is 0.591. The van der Waals surface area contributed by atoms with Crippen molar-refractivity contribution >= 4 is 20.9 Å². The predicted molar refractivity (Wildman–Crippen MR) is 31.9 cm³/mol. The van der Waals surface area contributed by atoms with Crippen LogP contribution in [0.4, 0.5) is 4.79 Å². The molecule has 0 aromatic carbocycles. The van der Waals surface area contributed by atoms with Gasteiger partial charge in [0.25, 0.3) is 0 Å². The van der Waals surface area contributed by atoms with Gasteiger partial charge in [0.05, 0.1) is 0 Å². The van der Waals surface area contributed by atoms with Crippen LogP contribution in [-0.2, 0) is 4.74 Å². The van der Waals surface area contributed by atoms with Crippen LogP contribution in [0.1, 0.15) is 13.8 Å². The molecule has 0 heterocycles. The van der Waals surface area contributed by atoms with Crippen LogP contribution in [0.3, 0.4) is 0 Å². The predicted octanol–water partition coefficient (Wildman–Crippen LogP) is 0.948. The van der Waals surface area contributed by atoms with Crippen LogP contribution in [0.5, 0.6) is 0 Å². The second kappa shape index (κ2) is 3.93. The summed E-state index contributed by atoms with van der Waals surface area (Å²) < 4.78 is 4.61. The molecule has 0 aliphatic rings. The van der Waals surface area contributed by atoms with Crippen LogP contribution in [0.2, 0.25) is 0 Å². The Balaban J connectivity index is 3.05. The molecule has 0 saturated carbocycles. The molecule has 0 aromatic rings. The minimum atomic E-state index is -0.321. The molecule has 0 fully saturated rings. The first-order valence-electron chi connectivity index (χ1n) is 2.46. The van der Waals surface area contributed by atoms with E-state index in [9.17, 15) is 4.79 Å². The molecule has 0 aliphatic heterocycles. The Kier molecular flexibility index (Phi) is 3.92. The van der Waals surface area contributed by atoms with Crippen LogP contribution < -0.4 is 0 Å². The molecule has 3 heteroatoms. The average molecular weight is 180 g/mol. The fourth-order valence-corrected chi connectivity index (χ4v) is 0.377. The first-order valence-corrected chi connectivity index (χ1v) is 3.32. The summed E-state index contributed by atoms with van der Waals surface area (Å²) in [4.78, 5) is 9.75. The Labute approximate surface area is 57.4 Å². The van der Waals surface area contributed by atoms with Crippen molar-refractivity contribution in [3.8, 4) is 0 Å². The van der Waals surface area contributed by atoms with Crippen molar-refractivity contribution in [2.75, 3.05) is 6.61 Å². The molecule has 0 rings (SSSR count). The third kappa shape index (κ3) is 5.99. The van der Waals surface area contributed by atoms with Crippen molar-refractivity contribution in [2.45, 2.75) is 13.8 Å². The molecule has 0 aromatic heterocycles. The SMILES string of the molecule is CC(C)COC(=O)[Se]. The fraction of sp³-hybridized carbons (Fsp3) is 0.800. The second-order valence-electron chi connectivity index (χ2n) is 1.95. The normalized spacial score (nSPS) is 9.38. The van der Waals surface area contributed by atoms with Crippen LogP contribution in [0, 0.1) is 5.92 Å². The molecule has 0 bridgehead atoms. The molecule has 0 saturated heterocycles. The van der Waals surface area contributed by atoms with Gasteiger partial charge in [-0.25, -0.2) is 0 Å². The van der Waals surface area contributed by atoms with Crippen LogP contribution in [0.15, 0.2) is 0 Å². The standard InChI is InChI=1S/C5H9O2Se/c1-4(2)3-7-5(6)8/h4H,3H2,1-2H3. The maximum atomic E-state index is 10.1. The Morgan fingerprint density at radius 1 is 1.75 bits per heavy atom. The number of hydrogen-bond donors (Lipinski definition) is 0. The van der Waals surface area contributed by atoms with Gasteiger partial charge in [-0.05, 0) is 0 Å². The molecule has 8 heavy (non-hydrogen) atoms. The van der Waals surface area contributed by atoms with Crippen molar-refractivity contribution in [3.63, 3.8) is 0 Å². The number of rotatable bonds is 2. The van der Waals surface area contributed by atoms with Gasteiger partial charge in [0.2, 0.25) is 0 Å². The molecule has 47 valence electrons. The van der Waals surface area contributed by atoms with E-state index in [-0.39, 0.29) is 4.87 Å². The number of carbonyl (C=O) groups is 1. The van der Waals surface area contributed by atoms with Gasteiger partial charge in [0.1, 0.15) is 0 Å². The molecule has 0 N–H and O–H groups in total. The van der Waals surface area contributed by atoms with Crippen molar-refractivity contribution in [3.05, 3.63) is 0 Å². The molecule has 0 aliphatic carbocycles. The van der Waals surface area contributed by atoms with Gasteiger partial charge in [0.15, 0.2) is 0 Å². The zero-order valence-corrected chi connectivity index (χ0v) is 6.72. The summed E-state index contributed by atoms with van der Waals surface area (Å²) in [5, 5.41) is 0. The van der Waals surface area contributed by atoms with Crippen LogP contribution >= 0.6 is 0 Å². The van der Waals surface area contributed by atoms with Gasteiger partial charge < -0.3 is 0 Å². The molecule has 0 atom stereocenters. The minimum absolute atomic E-state index is 0.321. The molecule has 0 spiro atoms. The van der Waals surface area contributed by atoms with Gasteiger partial charge in [-0.3, -0.25) is 0 Å². The molecular formula is C5H9O2Se. The number of hydrogen-bond acceptors (Lipinski definition) is 2. The molecule has 1 radical (unpaired) electrons. The molecular weight excluding hydrogens is 171 g/mol. The summed E-state index contributed by atoms with van der Waals surface area (Å²) in [6, 6.07) is 0. The summed E-state index contributed by atoms with van der Waals surface area (Å²) in [5.41, 5.74) is 0. The molecule has 0 amide bonds. The van der Waals surface area contributed by atoms with Gasteiger partial charge >= 0.3 is 56.8 Å². The first-order chi connectivity index (χ1) is 3.63. The first kappa shape index (κ1) is 7.99. The van der Waals surface area contributed by atoms with Crippen LogP contribution in [-0.4, -0.2) is 27.5 Å². The van der Waals surface area contributed by atoms with Crippen molar-refractivity contribution in [2.24, 2.45) is 5.92 Å². The summed E-state index contributed by atoms with van der Waals surface area (Å²) in [6.45, 7) is 4.48. The fourth-order valence-electron chi connectivity index (χ4n) is 0.235. The van der Waals surface area contributed by atoms with E-state index in [4.69, 9.17) is 0 Å². The van der Waals surface area contributed by atoms with Crippen molar-refractivity contribution in [1.29, 1.82) is 0 Å². The van der Waals surface area contributed by atoms with E-state index >= 15 is 0 Å². The summed E-state index contributed by atoms with van der Waals surface area (Å²) in [6.07, 6.45) is 0. The maximum absolute atomic E-state index is 10.1. The molecule has 0 unspecified atom stereocenters. The van der Waals surface area contributed by atoms with Gasteiger partial charge in [-0.1, -0.05) is 0 Å². The number of ether oxygens (including phenoxy) is 1. The van der Waals surface area contributed by atoms with E-state index in [1.54, 1.807) is 0 Å². The summed E-state index contributed by atoms with van der Waals surface area (Å²) >= 11 is 2.23. The second-order valence-corrected chi connectivity index (χ2v) is 2.65. The van der Waals surface area contributed by atoms with E-state index in [0.29, 0.717) is 12.5 Å². The van der Waals surface area contributed by atoms with E-state index in [1.807, 2.05) is 13.8 Å². The Morgan fingerprint density at radius 2 is 2.25 bits per heavy atom. The van der Waals surface area contributed by atoms with E-state index in [0.717, 1.165) is 0 Å². The Morgan fingerprint density at radius 3 is 2.38 bits per heavy atom. The summed E-state index contributed by atoms with van der Waals surface area (Å²) in [7, 11) is 0. The van der Waals surface area contributed by atoms with E-state index in [2.05, 4.69) is 20.7 Å². The van der Waals surface area contributed by atoms with Gasteiger partial charge in [-0.2, -0.15) is 0 Å². The average Bonchev–Trinajstić information content (AvgIpc) is 1.61. The van der Waals surface area contributed by atoms with E-state index < -0.39 is 0 Å². The zero-order valence-electron chi connectivity index (χ0n) is 5.01.